The first-order valence-corrected chi connectivity index (χ1v) is 7.38. The van der Waals surface area contributed by atoms with Crippen LogP contribution in [0.4, 0.5) is 0 Å². The first-order chi connectivity index (χ1) is 7.84. The molecule has 16 heavy (non-hydrogen) atoms. The Bertz CT molecular complexity index is 422. The van der Waals surface area contributed by atoms with Crippen molar-refractivity contribution in [3.05, 3.63) is 64.6 Å². The van der Waals surface area contributed by atoms with Gasteiger partial charge in [-0.15, -0.1) is 0 Å². The molecule has 0 radical (unpaired) electrons. The van der Waals surface area contributed by atoms with Gasteiger partial charge in [-0.25, -0.2) is 0 Å². The van der Waals surface area contributed by atoms with Gasteiger partial charge in [0.25, 0.3) is 0 Å². The van der Waals surface area contributed by atoms with Gasteiger partial charge in [0, 0.05) is 4.47 Å². The van der Waals surface area contributed by atoms with Crippen molar-refractivity contribution in [3.8, 4) is 0 Å². The molecule has 0 aromatic heterocycles. The fourth-order valence-corrected chi connectivity index (χ4v) is 2.95. The van der Waals surface area contributed by atoms with Crippen molar-refractivity contribution in [3.63, 3.8) is 0 Å². The Kier molecular flexibility index (Phi) is 4.56. The molecule has 2 heteroatoms. The van der Waals surface area contributed by atoms with Gasteiger partial charge >= 0.3 is 0 Å². The largest absolute Gasteiger partial charge is 0.0901 e. The van der Waals surface area contributed by atoms with E-state index >= 15 is 0 Å². The van der Waals surface area contributed by atoms with Crippen LogP contribution in [0.3, 0.4) is 0 Å². The number of aryl methyl sites for hydroxylation is 1. The third kappa shape index (κ3) is 3.73. The monoisotopic (exact) mass is 292 g/mol. The van der Waals surface area contributed by atoms with Crippen LogP contribution in [0.2, 0.25) is 0 Å². The van der Waals surface area contributed by atoms with E-state index in [2.05, 4.69) is 70.5 Å². The van der Waals surface area contributed by atoms with Crippen LogP contribution in [0.25, 0.3) is 0 Å². The minimum absolute atomic E-state index is 0.916. The summed E-state index contributed by atoms with van der Waals surface area (Å²) in [6.07, 6.45) is 2.41. The molecule has 1 atom stereocenters. The zero-order valence-electron chi connectivity index (χ0n) is 8.99. The number of halogens is 1. The van der Waals surface area contributed by atoms with E-state index in [1.54, 1.807) is 0 Å². The SMILES string of the molecule is Brc1ccc(CCPc2ccccc2)cc1. The standard InChI is InChI=1S/C14H14BrP/c15-13-8-6-12(7-9-13)10-11-16-14-4-2-1-3-5-14/h1-9,16H,10-11H2. The Labute approximate surface area is 107 Å². The molecule has 1 unspecified atom stereocenters. The molecule has 0 aliphatic rings. The van der Waals surface area contributed by atoms with Gasteiger partial charge in [0.15, 0.2) is 0 Å². The van der Waals surface area contributed by atoms with Gasteiger partial charge in [-0.3, -0.25) is 0 Å². The van der Waals surface area contributed by atoms with E-state index in [9.17, 15) is 0 Å². The second-order valence-corrected chi connectivity index (χ2v) is 6.02. The average molecular weight is 293 g/mol. The third-order valence-electron chi connectivity index (χ3n) is 2.43. The van der Waals surface area contributed by atoms with E-state index in [0.717, 1.165) is 13.1 Å². The maximum atomic E-state index is 3.45. The van der Waals surface area contributed by atoms with Crippen LogP contribution >= 0.6 is 24.5 Å². The van der Waals surface area contributed by atoms with Crippen LogP contribution in [-0.4, -0.2) is 6.16 Å². The fraction of sp³-hybridized carbons (Fsp3) is 0.143. The summed E-state index contributed by atoms with van der Waals surface area (Å²) < 4.78 is 1.15. The highest BCUT2D eigenvalue weighted by molar-refractivity contribution is 9.10. The van der Waals surface area contributed by atoms with Crippen molar-refractivity contribution in [1.29, 1.82) is 0 Å². The Morgan fingerprint density at radius 2 is 1.56 bits per heavy atom. The minimum Gasteiger partial charge on any atom is -0.0901 e. The Morgan fingerprint density at radius 3 is 2.25 bits per heavy atom. The lowest BCUT2D eigenvalue weighted by atomic mass is 10.2. The van der Waals surface area contributed by atoms with E-state index in [1.807, 2.05) is 0 Å². The van der Waals surface area contributed by atoms with Crippen molar-refractivity contribution in [2.75, 3.05) is 6.16 Å². The van der Waals surface area contributed by atoms with E-state index in [1.165, 1.54) is 23.5 Å². The lowest BCUT2D eigenvalue weighted by Gasteiger charge is -2.02. The summed E-state index contributed by atoms with van der Waals surface area (Å²) >= 11 is 3.45. The molecule has 82 valence electrons. The van der Waals surface area contributed by atoms with Crippen LogP contribution in [0.5, 0.6) is 0 Å². The normalized spacial score (nSPS) is 11.1. The molecule has 2 aromatic carbocycles. The van der Waals surface area contributed by atoms with E-state index < -0.39 is 0 Å². The highest BCUT2D eigenvalue weighted by atomic mass is 79.9. The molecule has 0 saturated carbocycles. The first-order valence-electron chi connectivity index (χ1n) is 5.38. The molecule has 2 aromatic rings. The molecule has 0 aliphatic heterocycles. The average Bonchev–Trinajstić information content (AvgIpc) is 2.33. The second kappa shape index (κ2) is 6.18. The number of rotatable bonds is 4. The van der Waals surface area contributed by atoms with Crippen LogP contribution < -0.4 is 5.30 Å². The highest BCUT2D eigenvalue weighted by Crippen LogP contribution is 2.15. The van der Waals surface area contributed by atoms with Crippen molar-refractivity contribution < 1.29 is 0 Å². The molecule has 0 bridgehead atoms. The summed E-state index contributed by atoms with van der Waals surface area (Å²) in [4.78, 5) is 0. The zero-order chi connectivity index (χ0) is 11.2. The van der Waals surface area contributed by atoms with Crippen molar-refractivity contribution in [1.82, 2.24) is 0 Å². The summed E-state index contributed by atoms with van der Waals surface area (Å²) in [5.41, 5.74) is 1.42. The Balaban J connectivity index is 1.82. The smallest absolute Gasteiger partial charge is 0.0175 e. The Hall–Kier alpha value is -0.650. The summed E-state index contributed by atoms with van der Waals surface area (Å²) in [5.74, 6) is 0. The van der Waals surface area contributed by atoms with E-state index in [4.69, 9.17) is 0 Å². The molecule has 0 N–H and O–H groups in total. The lowest BCUT2D eigenvalue weighted by Crippen LogP contribution is -1.95. The second-order valence-electron chi connectivity index (χ2n) is 3.67. The van der Waals surface area contributed by atoms with Crippen molar-refractivity contribution >= 4 is 29.8 Å². The van der Waals surface area contributed by atoms with Gasteiger partial charge in [0.05, 0.1) is 0 Å². The third-order valence-corrected chi connectivity index (χ3v) is 4.20. The van der Waals surface area contributed by atoms with Gasteiger partial charge < -0.3 is 0 Å². The minimum atomic E-state index is 0.916. The molecule has 2 rings (SSSR count). The van der Waals surface area contributed by atoms with Gasteiger partial charge in [-0.05, 0) is 35.6 Å². The van der Waals surface area contributed by atoms with Crippen LogP contribution in [0, 0.1) is 0 Å². The molecule has 0 nitrogen and oxygen atoms in total. The zero-order valence-corrected chi connectivity index (χ0v) is 11.6. The summed E-state index contributed by atoms with van der Waals surface area (Å²) in [6.45, 7) is 0. The number of hydrogen-bond acceptors (Lipinski definition) is 0. The lowest BCUT2D eigenvalue weighted by molar-refractivity contribution is 1.15. The van der Waals surface area contributed by atoms with Crippen LogP contribution in [0.15, 0.2) is 59.1 Å². The quantitative estimate of drug-likeness (QED) is 0.748. The maximum absolute atomic E-state index is 3.45. The van der Waals surface area contributed by atoms with Gasteiger partial charge in [-0.2, -0.15) is 0 Å². The molecule has 0 heterocycles. The first kappa shape index (κ1) is 11.8. The molecule has 0 spiro atoms. The summed E-state index contributed by atoms with van der Waals surface area (Å²) in [5, 5.41) is 1.46. The van der Waals surface area contributed by atoms with E-state index in [0.29, 0.717) is 0 Å². The van der Waals surface area contributed by atoms with Crippen LogP contribution in [-0.2, 0) is 6.42 Å². The molecule has 0 amide bonds. The number of hydrogen-bond donors (Lipinski definition) is 0. The van der Waals surface area contributed by atoms with Gasteiger partial charge in [0.2, 0.25) is 0 Å². The van der Waals surface area contributed by atoms with Crippen molar-refractivity contribution in [2.24, 2.45) is 0 Å². The molecular formula is C14H14BrP. The highest BCUT2D eigenvalue weighted by Gasteiger charge is 1.95. The summed E-state index contributed by atoms with van der Waals surface area (Å²) in [7, 11) is 0.916. The predicted molar refractivity (Wildman–Crippen MR) is 77.1 cm³/mol. The maximum Gasteiger partial charge on any atom is 0.0175 e. The molecule has 0 saturated heterocycles. The topological polar surface area (TPSA) is 0 Å². The van der Waals surface area contributed by atoms with Crippen molar-refractivity contribution in [2.45, 2.75) is 6.42 Å². The van der Waals surface area contributed by atoms with Gasteiger partial charge in [0.1, 0.15) is 0 Å². The van der Waals surface area contributed by atoms with Crippen LogP contribution in [0.1, 0.15) is 5.56 Å². The Morgan fingerprint density at radius 1 is 0.875 bits per heavy atom. The predicted octanol–water partition coefficient (Wildman–Crippen LogP) is 4.00. The van der Waals surface area contributed by atoms with Gasteiger partial charge in [-0.1, -0.05) is 67.0 Å². The molecule has 0 fully saturated rings. The number of benzene rings is 2. The molecule has 0 aliphatic carbocycles. The molecular weight excluding hydrogens is 279 g/mol. The van der Waals surface area contributed by atoms with E-state index in [-0.39, 0.29) is 0 Å². The summed E-state index contributed by atoms with van der Waals surface area (Å²) in [6, 6.07) is 19.3. The fourth-order valence-electron chi connectivity index (χ4n) is 1.56.